The summed E-state index contributed by atoms with van der Waals surface area (Å²) < 4.78 is 12.8. The standard InChI is InChI=1S/C17H16FNO3/c18-14-8-6-13(7-9-14)17(22)19-15-10-4-12(5-11-15)2-1-3-16(20)21/h4-11H,1-3H2,(H,19,22)(H,20,21). The van der Waals surface area contributed by atoms with E-state index in [1.54, 1.807) is 12.1 Å². The molecule has 2 N–H and O–H groups in total. The summed E-state index contributed by atoms with van der Waals surface area (Å²) >= 11 is 0. The zero-order valence-corrected chi connectivity index (χ0v) is 11.9. The SMILES string of the molecule is O=C(O)CCCc1ccc(NC(=O)c2ccc(F)cc2)cc1. The lowest BCUT2D eigenvalue weighted by molar-refractivity contribution is -0.137. The second-order valence-electron chi connectivity index (χ2n) is 4.91. The normalized spacial score (nSPS) is 10.2. The molecule has 5 heteroatoms. The summed E-state index contributed by atoms with van der Waals surface area (Å²) in [5.41, 5.74) is 2.03. The van der Waals surface area contributed by atoms with Crippen molar-refractivity contribution in [2.75, 3.05) is 5.32 Å². The van der Waals surface area contributed by atoms with Gasteiger partial charge in [0.05, 0.1) is 0 Å². The third kappa shape index (κ3) is 4.70. The van der Waals surface area contributed by atoms with Gasteiger partial charge in [0, 0.05) is 17.7 Å². The van der Waals surface area contributed by atoms with Gasteiger partial charge in [-0.3, -0.25) is 9.59 Å². The molecule has 0 fully saturated rings. The molecule has 0 saturated heterocycles. The van der Waals surface area contributed by atoms with E-state index in [-0.39, 0.29) is 18.1 Å². The van der Waals surface area contributed by atoms with Gasteiger partial charge in [-0.15, -0.1) is 0 Å². The first-order chi connectivity index (χ1) is 10.5. The fourth-order valence-corrected chi connectivity index (χ4v) is 2.00. The van der Waals surface area contributed by atoms with Crippen molar-refractivity contribution in [1.82, 2.24) is 0 Å². The molecule has 0 spiro atoms. The molecule has 2 rings (SSSR count). The maximum Gasteiger partial charge on any atom is 0.303 e. The lowest BCUT2D eigenvalue weighted by Crippen LogP contribution is -2.11. The van der Waals surface area contributed by atoms with Crippen molar-refractivity contribution in [3.8, 4) is 0 Å². The van der Waals surface area contributed by atoms with E-state index in [9.17, 15) is 14.0 Å². The van der Waals surface area contributed by atoms with Gasteiger partial charge in [0.15, 0.2) is 0 Å². The lowest BCUT2D eigenvalue weighted by atomic mass is 10.1. The van der Waals surface area contributed by atoms with Crippen LogP contribution in [0.25, 0.3) is 0 Å². The molecule has 0 heterocycles. The van der Waals surface area contributed by atoms with Crippen LogP contribution in [0.2, 0.25) is 0 Å². The summed E-state index contributed by atoms with van der Waals surface area (Å²) in [4.78, 5) is 22.4. The van der Waals surface area contributed by atoms with Crippen molar-refractivity contribution in [1.29, 1.82) is 0 Å². The molecule has 1 amide bonds. The molecule has 0 aliphatic rings. The van der Waals surface area contributed by atoms with Crippen LogP contribution in [0.5, 0.6) is 0 Å². The van der Waals surface area contributed by atoms with E-state index < -0.39 is 5.97 Å². The van der Waals surface area contributed by atoms with Crippen LogP contribution in [-0.4, -0.2) is 17.0 Å². The summed E-state index contributed by atoms with van der Waals surface area (Å²) in [5, 5.41) is 11.3. The minimum absolute atomic E-state index is 0.142. The largest absolute Gasteiger partial charge is 0.481 e. The van der Waals surface area contributed by atoms with E-state index in [0.717, 1.165) is 5.56 Å². The van der Waals surface area contributed by atoms with E-state index in [1.807, 2.05) is 12.1 Å². The van der Waals surface area contributed by atoms with Gasteiger partial charge < -0.3 is 10.4 Å². The zero-order valence-electron chi connectivity index (χ0n) is 11.9. The molecule has 2 aromatic carbocycles. The van der Waals surface area contributed by atoms with Crippen molar-refractivity contribution in [2.45, 2.75) is 19.3 Å². The predicted molar refractivity (Wildman–Crippen MR) is 81.4 cm³/mol. The number of carboxylic acids is 1. The highest BCUT2D eigenvalue weighted by molar-refractivity contribution is 6.04. The zero-order chi connectivity index (χ0) is 15.9. The van der Waals surface area contributed by atoms with Gasteiger partial charge in [-0.2, -0.15) is 0 Å². The molecule has 0 aliphatic carbocycles. The van der Waals surface area contributed by atoms with Gasteiger partial charge in [0.2, 0.25) is 0 Å². The van der Waals surface area contributed by atoms with E-state index >= 15 is 0 Å². The number of aryl methyl sites for hydroxylation is 1. The number of hydrogen-bond acceptors (Lipinski definition) is 2. The number of amides is 1. The molecular weight excluding hydrogens is 285 g/mol. The number of carboxylic acid groups (broad SMARTS) is 1. The van der Waals surface area contributed by atoms with Crippen molar-refractivity contribution in [2.24, 2.45) is 0 Å². The minimum Gasteiger partial charge on any atom is -0.481 e. The van der Waals surface area contributed by atoms with E-state index in [0.29, 0.717) is 24.1 Å². The quantitative estimate of drug-likeness (QED) is 0.858. The monoisotopic (exact) mass is 301 g/mol. The number of aliphatic carboxylic acids is 1. The van der Waals surface area contributed by atoms with E-state index in [1.165, 1.54) is 24.3 Å². The summed E-state index contributed by atoms with van der Waals surface area (Å²) in [6, 6.07) is 12.5. The molecule has 114 valence electrons. The summed E-state index contributed by atoms with van der Waals surface area (Å²) in [7, 11) is 0. The van der Waals surface area contributed by atoms with E-state index in [4.69, 9.17) is 5.11 Å². The van der Waals surface area contributed by atoms with Gasteiger partial charge in [-0.1, -0.05) is 12.1 Å². The van der Waals surface area contributed by atoms with Crippen LogP contribution in [-0.2, 0) is 11.2 Å². The first-order valence-electron chi connectivity index (χ1n) is 6.92. The van der Waals surface area contributed by atoms with Gasteiger partial charge in [0.25, 0.3) is 5.91 Å². The molecule has 22 heavy (non-hydrogen) atoms. The lowest BCUT2D eigenvalue weighted by Gasteiger charge is -2.06. The number of benzene rings is 2. The Kier molecular flexibility index (Phi) is 5.25. The number of hydrogen-bond donors (Lipinski definition) is 2. The first kappa shape index (κ1) is 15.7. The molecule has 2 aromatic rings. The summed E-state index contributed by atoms with van der Waals surface area (Å²) in [5.74, 6) is -1.50. The number of nitrogens with one attached hydrogen (secondary N) is 1. The number of carbonyl (C=O) groups is 2. The molecule has 0 atom stereocenters. The maximum atomic E-state index is 12.8. The number of carbonyl (C=O) groups excluding carboxylic acids is 1. The van der Waals surface area contributed by atoms with Gasteiger partial charge in [-0.25, -0.2) is 4.39 Å². The van der Waals surface area contributed by atoms with Gasteiger partial charge in [0.1, 0.15) is 5.82 Å². The fourth-order valence-electron chi connectivity index (χ4n) is 2.00. The molecule has 0 aliphatic heterocycles. The fraction of sp³-hybridized carbons (Fsp3) is 0.176. The number of rotatable bonds is 6. The number of anilines is 1. The Bertz CT molecular complexity index is 651. The maximum absolute atomic E-state index is 12.8. The molecule has 4 nitrogen and oxygen atoms in total. The topological polar surface area (TPSA) is 66.4 Å². The third-order valence-electron chi connectivity index (χ3n) is 3.17. The highest BCUT2D eigenvalue weighted by Gasteiger charge is 2.06. The second kappa shape index (κ2) is 7.36. The van der Waals surface area contributed by atoms with Crippen molar-refractivity contribution in [3.63, 3.8) is 0 Å². The Morgan fingerprint density at radius 1 is 1.00 bits per heavy atom. The predicted octanol–water partition coefficient (Wildman–Crippen LogP) is 3.49. The van der Waals surface area contributed by atoms with Crippen LogP contribution >= 0.6 is 0 Å². The van der Waals surface area contributed by atoms with Crippen LogP contribution < -0.4 is 5.32 Å². The molecule has 0 bridgehead atoms. The molecule has 0 unspecified atom stereocenters. The highest BCUT2D eigenvalue weighted by atomic mass is 19.1. The highest BCUT2D eigenvalue weighted by Crippen LogP contribution is 2.13. The average Bonchev–Trinajstić information content (AvgIpc) is 2.49. The summed E-state index contributed by atoms with van der Waals surface area (Å²) in [6.45, 7) is 0. The third-order valence-corrected chi connectivity index (χ3v) is 3.17. The smallest absolute Gasteiger partial charge is 0.303 e. The van der Waals surface area contributed by atoms with Crippen molar-refractivity contribution >= 4 is 17.6 Å². The van der Waals surface area contributed by atoms with Gasteiger partial charge in [-0.05, 0) is 54.8 Å². The molecule has 0 radical (unpaired) electrons. The minimum atomic E-state index is -0.803. The van der Waals surface area contributed by atoms with Crippen LogP contribution in [0.1, 0.15) is 28.8 Å². The molecule has 0 aromatic heterocycles. The van der Waals surface area contributed by atoms with Crippen LogP contribution in [0.15, 0.2) is 48.5 Å². The Labute approximate surface area is 127 Å². The second-order valence-corrected chi connectivity index (χ2v) is 4.91. The van der Waals surface area contributed by atoms with Crippen molar-refractivity contribution < 1.29 is 19.1 Å². The Morgan fingerprint density at radius 2 is 1.64 bits per heavy atom. The average molecular weight is 301 g/mol. The van der Waals surface area contributed by atoms with Crippen LogP contribution in [0.4, 0.5) is 10.1 Å². The Hall–Kier alpha value is -2.69. The first-order valence-corrected chi connectivity index (χ1v) is 6.92. The van der Waals surface area contributed by atoms with Crippen molar-refractivity contribution in [3.05, 3.63) is 65.5 Å². The van der Waals surface area contributed by atoms with Gasteiger partial charge >= 0.3 is 5.97 Å². The molecule has 0 saturated carbocycles. The Morgan fingerprint density at radius 3 is 2.23 bits per heavy atom. The Balaban J connectivity index is 1.91. The summed E-state index contributed by atoms with van der Waals surface area (Å²) in [6.07, 6.45) is 1.40. The van der Waals surface area contributed by atoms with E-state index in [2.05, 4.69) is 5.32 Å². The van der Waals surface area contributed by atoms with Crippen LogP contribution in [0.3, 0.4) is 0 Å². The molecular formula is C17H16FNO3. The van der Waals surface area contributed by atoms with Crippen LogP contribution in [0, 0.1) is 5.82 Å². The number of halogens is 1.